The van der Waals surface area contributed by atoms with Gasteiger partial charge in [-0.1, -0.05) is 30.3 Å². The molecule has 2 aromatic rings. The van der Waals surface area contributed by atoms with Crippen LogP contribution in [0.4, 0.5) is 10.5 Å². The van der Waals surface area contributed by atoms with Crippen LogP contribution in [0, 0.1) is 6.92 Å². The maximum Gasteiger partial charge on any atom is 0.319 e. The molecule has 0 aliphatic carbocycles. The Morgan fingerprint density at radius 2 is 1.91 bits per heavy atom. The normalized spacial score (nSPS) is 10.1. The van der Waals surface area contributed by atoms with Gasteiger partial charge in [-0.15, -0.1) is 0 Å². The topological polar surface area (TPSA) is 70.6 Å². The second-order valence-corrected chi connectivity index (χ2v) is 4.92. The highest BCUT2D eigenvalue weighted by Gasteiger charge is 2.07. The van der Waals surface area contributed by atoms with Crippen LogP contribution in [0.15, 0.2) is 42.5 Å². The van der Waals surface area contributed by atoms with Crippen LogP contribution in [-0.2, 0) is 13.2 Å². The second-order valence-electron chi connectivity index (χ2n) is 4.92. The van der Waals surface area contributed by atoms with Gasteiger partial charge < -0.3 is 20.5 Å². The standard InChI is InChI=1S/C17H20N2O3/c1-12-7-8-15(22-2)9-16(12)19-17(21)18-10-13-5-3-4-6-14(13)11-20/h3-9,20H,10-11H2,1-2H3,(H2,18,19,21). The number of carbonyl (C=O) groups is 1. The summed E-state index contributed by atoms with van der Waals surface area (Å²) in [6.07, 6.45) is 0. The first-order chi connectivity index (χ1) is 10.6. The molecule has 0 radical (unpaired) electrons. The van der Waals surface area contributed by atoms with Gasteiger partial charge in [0.2, 0.25) is 0 Å². The Morgan fingerprint density at radius 1 is 1.18 bits per heavy atom. The quantitative estimate of drug-likeness (QED) is 0.795. The van der Waals surface area contributed by atoms with Gasteiger partial charge in [0.15, 0.2) is 0 Å². The fourth-order valence-electron chi connectivity index (χ4n) is 2.09. The number of aliphatic hydroxyl groups excluding tert-OH is 1. The van der Waals surface area contributed by atoms with Crippen molar-refractivity contribution in [3.8, 4) is 5.75 Å². The first kappa shape index (κ1) is 15.9. The predicted molar refractivity (Wildman–Crippen MR) is 86.0 cm³/mol. The van der Waals surface area contributed by atoms with Crippen LogP contribution in [0.25, 0.3) is 0 Å². The van der Waals surface area contributed by atoms with Crippen LogP contribution in [-0.4, -0.2) is 18.2 Å². The molecule has 2 amide bonds. The molecule has 0 atom stereocenters. The predicted octanol–water partition coefficient (Wildman–Crippen LogP) is 2.82. The van der Waals surface area contributed by atoms with E-state index >= 15 is 0 Å². The van der Waals surface area contributed by atoms with Crippen LogP contribution in [0.3, 0.4) is 0 Å². The third-order valence-electron chi connectivity index (χ3n) is 3.42. The summed E-state index contributed by atoms with van der Waals surface area (Å²) in [6.45, 7) is 2.22. The Hall–Kier alpha value is -2.53. The lowest BCUT2D eigenvalue weighted by Crippen LogP contribution is -2.28. The number of hydrogen-bond acceptors (Lipinski definition) is 3. The summed E-state index contributed by atoms with van der Waals surface area (Å²) in [4.78, 5) is 12.0. The van der Waals surface area contributed by atoms with Crippen LogP contribution < -0.4 is 15.4 Å². The van der Waals surface area contributed by atoms with Gasteiger partial charge in [-0.3, -0.25) is 0 Å². The van der Waals surface area contributed by atoms with Crippen LogP contribution in [0.1, 0.15) is 16.7 Å². The number of aliphatic hydroxyl groups is 1. The van der Waals surface area contributed by atoms with Crippen molar-refractivity contribution in [2.24, 2.45) is 0 Å². The van der Waals surface area contributed by atoms with Crippen molar-refractivity contribution in [1.29, 1.82) is 0 Å². The summed E-state index contributed by atoms with van der Waals surface area (Å²) in [5, 5.41) is 14.9. The maximum atomic E-state index is 12.0. The molecule has 0 aliphatic heterocycles. The molecule has 0 aromatic heterocycles. The number of amides is 2. The SMILES string of the molecule is COc1ccc(C)c(NC(=O)NCc2ccccc2CO)c1. The number of hydrogen-bond donors (Lipinski definition) is 3. The molecule has 0 fully saturated rings. The molecule has 0 heterocycles. The zero-order valence-corrected chi connectivity index (χ0v) is 12.7. The van der Waals surface area contributed by atoms with E-state index in [4.69, 9.17) is 4.74 Å². The molecule has 0 aliphatic rings. The molecule has 2 rings (SSSR count). The number of anilines is 1. The smallest absolute Gasteiger partial charge is 0.319 e. The molecule has 0 unspecified atom stereocenters. The Labute approximate surface area is 129 Å². The second kappa shape index (κ2) is 7.47. The lowest BCUT2D eigenvalue weighted by Gasteiger charge is -2.12. The van der Waals surface area contributed by atoms with Gasteiger partial charge >= 0.3 is 6.03 Å². The monoisotopic (exact) mass is 300 g/mol. The maximum absolute atomic E-state index is 12.0. The molecule has 0 saturated carbocycles. The van der Waals surface area contributed by atoms with E-state index in [1.807, 2.05) is 43.3 Å². The number of urea groups is 1. The van der Waals surface area contributed by atoms with E-state index in [0.717, 1.165) is 16.7 Å². The average molecular weight is 300 g/mol. The molecule has 3 N–H and O–H groups in total. The third kappa shape index (κ3) is 3.99. The molecular weight excluding hydrogens is 280 g/mol. The van der Waals surface area contributed by atoms with E-state index < -0.39 is 0 Å². The van der Waals surface area contributed by atoms with E-state index in [1.165, 1.54) is 0 Å². The highest BCUT2D eigenvalue weighted by atomic mass is 16.5. The van der Waals surface area contributed by atoms with Crippen LogP contribution in [0.5, 0.6) is 5.75 Å². The number of methoxy groups -OCH3 is 1. The first-order valence-electron chi connectivity index (χ1n) is 7.01. The molecule has 5 heteroatoms. The summed E-state index contributed by atoms with van der Waals surface area (Å²) in [5.41, 5.74) is 3.35. The molecule has 116 valence electrons. The Balaban J connectivity index is 1.99. The number of aryl methyl sites for hydroxylation is 1. The fourth-order valence-corrected chi connectivity index (χ4v) is 2.09. The van der Waals surface area contributed by atoms with Crippen molar-refractivity contribution in [2.75, 3.05) is 12.4 Å². The van der Waals surface area contributed by atoms with Crippen molar-refractivity contribution in [3.05, 3.63) is 59.2 Å². The fraction of sp³-hybridized carbons (Fsp3) is 0.235. The molecule has 2 aromatic carbocycles. The number of nitrogens with one attached hydrogen (secondary N) is 2. The summed E-state index contributed by atoms with van der Waals surface area (Å²) in [5.74, 6) is 0.687. The van der Waals surface area contributed by atoms with Gasteiger partial charge in [-0.25, -0.2) is 4.79 Å². The molecule has 0 saturated heterocycles. The summed E-state index contributed by atoms with van der Waals surface area (Å²) in [6, 6.07) is 12.6. The third-order valence-corrected chi connectivity index (χ3v) is 3.42. The van der Waals surface area contributed by atoms with E-state index in [-0.39, 0.29) is 12.6 Å². The van der Waals surface area contributed by atoms with Crippen LogP contribution in [0.2, 0.25) is 0 Å². The largest absolute Gasteiger partial charge is 0.497 e. The van der Waals surface area contributed by atoms with E-state index in [9.17, 15) is 9.90 Å². The minimum absolute atomic E-state index is 0.0472. The number of carbonyl (C=O) groups excluding carboxylic acids is 1. The lowest BCUT2D eigenvalue weighted by atomic mass is 10.1. The zero-order chi connectivity index (χ0) is 15.9. The Bertz CT molecular complexity index is 656. The van der Waals surface area contributed by atoms with E-state index in [1.54, 1.807) is 13.2 Å². The number of rotatable bonds is 5. The van der Waals surface area contributed by atoms with Crippen LogP contribution >= 0.6 is 0 Å². The number of benzene rings is 2. The minimum atomic E-state index is -0.302. The van der Waals surface area contributed by atoms with E-state index in [2.05, 4.69) is 10.6 Å². The van der Waals surface area contributed by atoms with Gasteiger partial charge in [0.25, 0.3) is 0 Å². The summed E-state index contributed by atoms with van der Waals surface area (Å²) >= 11 is 0. The zero-order valence-electron chi connectivity index (χ0n) is 12.7. The molecule has 22 heavy (non-hydrogen) atoms. The van der Waals surface area contributed by atoms with Gasteiger partial charge in [0, 0.05) is 18.3 Å². The van der Waals surface area contributed by atoms with Crippen molar-refractivity contribution in [3.63, 3.8) is 0 Å². The van der Waals surface area contributed by atoms with Gasteiger partial charge in [-0.05, 0) is 29.7 Å². The summed E-state index contributed by atoms with van der Waals surface area (Å²) in [7, 11) is 1.58. The highest BCUT2D eigenvalue weighted by Crippen LogP contribution is 2.21. The average Bonchev–Trinajstić information content (AvgIpc) is 2.55. The molecule has 5 nitrogen and oxygen atoms in total. The van der Waals surface area contributed by atoms with E-state index in [0.29, 0.717) is 18.0 Å². The number of ether oxygens (including phenoxy) is 1. The lowest BCUT2D eigenvalue weighted by molar-refractivity contribution is 0.251. The Kier molecular flexibility index (Phi) is 5.38. The Morgan fingerprint density at radius 3 is 2.59 bits per heavy atom. The molecule has 0 spiro atoms. The van der Waals surface area contributed by atoms with Gasteiger partial charge in [0.1, 0.15) is 5.75 Å². The minimum Gasteiger partial charge on any atom is -0.497 e. The van der Waals surface area contributed by atoms with Crippen molar-refractivity contribution in [1.82, 2.24) is 5.32 Å². The molecule has 0 bridgehead atoms. The summed E-state index contributed by atoms with van der Waals surface area (Å²) < 4.78 is 5.15. The van der Waals surface area contributed by atoms with Gasteiger partial charge in [0.05, 0.1) is 13.7 Å². The van der Waals surface area contributed by atoms with Crippen molar-refractivity contribution >= 4 is 11.7 Å². The van der Waals surface area contributed by atoms with Crippen molar-refractivity contribution in [2.45, 2.75) is 20.1 Å². The van der Waals surface area contributed by atoms with Gasteiger partial charge in [-0.2, -0.15) is 0 Å². The van der Waals surface area contributed by atoms with Crippen molar-refractivity contribution < 1.29 is 14.6 Å². The molecular formula is C17H20N2O3. The first-order valence-corrected chi connectivity index (χ1v) is 7.01. The highest BCUT2D eigenvalue weighted by molar-refractivity contribution is 5.90.